The molecule has 1 N–H and O–H groups in total. The summed E-state index contributed by atoms with van der Waals surface area (Å²) in [6.45, 7) is 5.33. The van der Waals surface area contributed by atoms with Gasteiger partial charge in [-0.05, 0) is 12.8 Å². The van der Waals surface area contributed by atoms with E-state index in [9.17, 15) is 9.90 Å². The van der Waals surface area contributed by atoms with Crippen LogP contribution in [-0.4, -0.2) is 37.0 Å². The molecule has 0 rings (SSSR count). The van der Waals surface area contributed by atoms with Crippen LogP contribution in [0, 0.1) is 0 Å². The summed E-state index contributed by atoms with van der Waals surface area (Å²) in [7, 11) is 0. The van der Waals surface area contributed by atoms with E-state index in [0.29, 0.717) is 19.6 Å². The first-order valence-corrected chi connectivity index (χ1v) is 19.6. The molecular weight excluding hydrogens is 532 g/mol. The molecule has 4 heteroatoms. The Bertz CT molecular complexity index is 523. The van der Waals surface area contributed by atoms with Crippen molar-refractivity contribution in [2.24, 2.45) is 0 Å². The average molecular weight is 611 g/mol. The van der Waals surface area contributed by atoms with E-state index in [-0.39, 0.29) is 12.6 Å². The van der Waals surface area contributed by atoms with Gasteiger partial charge in [0.25, 0.3) is 0 Å². The first kappa shape index (κ1) is 42.4. The van der Waals surface area contributed by atoms with Crippen LogP contribution in [0.25, 0.3) is 0 Å². The molecule has 1 atom stereocenters. The fourth-order valence-electron chi connectivity index (χ4n) is 5.98. The maximum absolute atomic E-state index is 12.0. The van der Waals surface area contributed by atoms with Gasteiger partial charge in [0.1, 0.15) is 6.10 Å². The number of hydrogen-bond acceptors (Lipinski definition) is 4. The highest BCUT2D eigenvalue weighted by molar-refractivity contribution is 5.69. The Morgan fingerprint density at radius 2 is 0.767 bits per heavy atom. The largest absolute Gasteiger partial charge is 0.457 e. The molecule has 0 fully saturated rings. The molecule has 0 aliphatic carbocycles. The standard InChI is InChI=1S/C39H78O4/c1-3-5-7-9-11-12-13-14-15-16-17-18-19-20-21-22-23-24-25-26-27-28-29-31-33-35-42-37-38(36-40)43-39(41)34-32-30-10-8-6-4-2/h38,40H,3-37H2,1-2H3. The monoisotopic (exact) mass is 611 g/mol. The highest BCUT2D eigenvalue weighted by atomic mass is 16.6. The average Bonchev–Trinajstić information content (AvgIpc) is 3.01. The zero-order chi connectivity index (χ0) is 31.3. The quantitative estimate of drug-likeness (QED) is 0.0561. The highest BCUT2D eigenvalue weighted by Crippen LogP contribution is 2.16. The highest BCUT2D eigenvalue weighted by Gasteiger charge is 2.13. The number of carbonyl (C=O) groups excluding carboxylic acids is 1. The topological polar surface area (TPSA) is 55.8 Å². The van der Waals surface area contributed by atoms with Crippen molar-refractivity contribution in [1.29, 1.82) is 0 Å². The van der Waals surface area contributed by atoms with Crippen molar-refractivity contribution in [3.63, 3.8) is 0 Å². The number of aliphatic hydroxyl groups is 1. The van der Waals surface area contributed by atoms with Crippen LogP contribution in [0.4, 0.5) is 0 Å². The van der Waals surface area contributed by atoms with Crippen molar-refractivity contribution in [1.82, 2.24) is 0 Å². The Morgan fingerprint density at radius 3 is 1.09 bits per heavy atom. The van der Waals surface area contributed by atoms with Crippen LogP contribution >= 0.6 is 0 Å². The predicted molar refractivity (Wildman–Crippen MR) is 187 cm³/mol. The third-order valence-electron chi connectivity index (χ3n) is 8.93. The van der Waals surface area contributed by atoms with Crippen molar-refractivity contribution in [2.45, 2.75) is 225 Å². The molecule has 0 radical (unpaired) electrons. The minimum Gasteiger partial charge on any atom is -0.457 e. The maximum atomic E-state index is 12.0. The molecule has 0 heterocycles. The normalized spacial score (nSPS) is 12.2. The third-order valence-corrected chi connectivity index (χ3v) is 8.93. The van der Waals surface area contributed by atoms with Gasteiger partial charge in [-0.1, -0.05) is 200 Å². The Balaban J connectivity index is 3.25. The first-order valence-electron chi connectivity index (χ1n) is 19.6. The third kappa shape index (κ3) is 35.7. The molecular formula is C39H78O4. The van der Waals surface area contributed by atoms with Gasteiger partial charge in [-0.15, -0.1) is 0 Å². The summed E-state index contributed by atoms with van der Waals surface area (Å²) < 4.78 is 11.0. The maximum Gasteiger partial charge on any atom is 0.306 e. The van der Waals surface area contributed by atoms with Gasteiger partial charge in [0.05, 0.1) is 13.2 Å². The van der Waals surface area contributed by atoms with Gasteiger partial charge in [0.2, 0.25) is 0 Å². The minimum absolute atomic E-state index is 0.165. The van der Waals surface area contributed by atoms with E-state index in [4.69, 9.17) is 9.47 Å². The molecule has 0 spiro atoms. The summed E-state index contributed by atoms with van der Waals surface area (Å²) in [6, 6.07) is 0. The van der Waals surface area contributed by atoms with Crippen LogP contribution in [0.1, 0.15) is 219 Å². The van der Waals surface area contributed by atoms with E-state index < -0.39 is 6.10 Å². The molecule has 0 aromatic rings. The lowest BCUT2D eigenvalue weighted by molar-refractivity contribution is -0.154. The smallest absolute Gasteiger partial charge is 0.306 e. The lowest BCUT2D eigenvalue weighted by atomic mass is 10.0. The number of aliphatic hydroxyl groups excluding tert-OH is 1. The van der Waals surface area contributed by atoms with E-state index in [1.165, 1.54) is 180 Å². The van der Waals surface area contributed by atoms with E-state index in [0.717, 1.165) is 19.3 Å². The van der Waals surface area contributed by atoms with Gasteiger partial charge in [-0.25, -0.2) is 0 Å². The SMILES string of the molecule is CCCCCCCCCCCCCCCCCCCCCCCCCCCOCC(CO)OC(=O)CCCCCCCC. The number of hydrogen-bond donors (Lipinski definition) is 1. The van der Waals surface area contributed by atoms with E-state index in [1.807, 2.05) is 0 Å². The van der Waals surface area contributed by atoms with Gasteiger partial charge in [-0.2, -0.15) is 0 Å². The number of ether oxygens (including phenoxy) is 2. The summed E-state index contributed by atoms with van der Waals surface area (Å²) in [5.74, 6) is -0.205. The van der Waals surface area contributed by atoms with Crippen molar-refractivity contribution >= 4 is 5.97 Å². The van der Waals surface area contributed by atoms with Gasteiger partial charge in [-0.3, -0.25) is 4.79 Å². The predicted octanol–water partition coefficient (Wildman–Crippen LogP) is 12.4. The Hall–Kier alpha value is -0.610. The van der Waals surface area contributed by atoms with Gasteiger partial charge < -0.3 is 14.6 Å². The molecule has 0 saturated heterocycles. The van der Waals surface area contributed by atoms with Gasteiger partial charge >= 0.3 is 5.97 Å². The lowest BCUT2D eigenvalue weighted by Gasteiger charge is -2.15. The second kappa shape index (κ2) is 37.6. The van der Waals surface area contributed by atoms with E-state index in [1.54, 1.807) is 0 Å². The molecule has 43 heavy (non-hydrogen) atoms. The summed E-state index contributed by atoms with van der Waals surface area (Å²) >= 11 is 0. The molecule has 258 valence electrons. The zero-order valence-corrected chi connectivity index (χ0v) is 29.5. The molecule has 0 aliphatic heterocycles. The van der Waals surface area contributed by atoms with Crippen LogP contribution < -0.4 is 0 Å². The summed E-state index contributed by atoms with van der Waals surface area (Å²) in [5, 5.41) is 9.48. The Morgan fingerprint density at radius 1 is 0.465 bits per heavy atom. The van der Waals surface area contributed by atoms with Gasteiger partial charge in [0, 0.05) is 13.0 Å². The van der Waals surface area contributed by atoms with E-state index in [2.05, 4.69) is 13.8 Å². The Kier molecular flexibility index (Phi) is 37.0. The number of carbonyl (C=O) groups is 1. The summed E-state index contributed by atoms with van der Waals surface area (Å²) in [6.07, 6.45) is 41.9. The molecule has 0 aromatic carbocycles. The fraction of sp³-hybridized carbons (Fsp3) is 0.974. The van der Waals surface area contributed by atoms with Crippen molar-refractivity contribution < 1.29 is 19.4 Å². The van der Waals surface area contributed by atoms with Crippen molar-refractivity contribution in [3.8, 4) is 0 Å². The Labute approximate surface area is 270 Å². The molecule has 0 aliphatic rings. The minimum atomic E-state index is -0.521. The van der Waals surface area contributed by atoms with Crippen molar-refractivity contribution in [2.75, 3.05) is 19.8 Å². The molecule has 0 bridgehead atoms. The molecule has 0 saturated carbocycles. The zero-order valence-electron chi connectivity index (χ0n) is 29.5. The van der Waals surface area contributed by atoms with Crippen LogP contribution in [0.15, 0.2) is 0 Å². The molecule has 0 amide bonds. The number of rotatable bonds is 37. The van der Waals surface area contributed by atoms with Crippen molar-refractivity contribution in [3.05, 3.63) is 0 Å². The lowest BCUT2D eigenvalue weighted by Crippen LogP contribution is -2.27. The molecule has 1 unspecified atom stereocenters. The number of unbranched alkanes of at least 4 members (excludes halogenated alkanes) is 29. The molecule has 4 nitrogen and oxygen atoms in total. The van der Waals surface area contributed by atoms with E-state index >= 15 is 0 Å². The second-order valence-electron chi connectivity index (χ2n) is 13.4. The van der Waals surface area contributed by atoms with Crippen LogP contribution in [-0.2, 0) is 14.3 Å². The van der Waals surface area contributed by atoms with Crippen LogP contribution in [0.3, 0.4) is 0 Å². The fourth-order valence-corrected chi connectivity index (χ4v) is 5.98. The summed E-state index contributed by atoms with van der Waals surface area (Å²) in [5.41, 5.74) is 0. The molecule has 0 aromatic heterocycles. The van der Waals surface area contributed by atoms with Crippen LogP contribution in [0.2, 0.25) is 0 Å². The first-order chi connectivity index (χ1) is 21.2. The second-order valence-corrected chi connectivity index (χ2v) is 13.4. The summed E-state index contributed by atoms with van der Waals surface area (Å²) in [4.78, 5) is 12.0. The van der Waals surface area contributed by atoms with Gasteiger partial charge in [0.15, 0.2) is 0 Å². The van der Waals surface area contributed by atoms with Crippen LogP contribution in [0.5, 0.6) is 0 Å². The number of esters is 1.